The summed E-state index contributed by atoms with van der Waals surface area (Å²) >= 11 is 0. The van der Waals surface area contributed by atoms with Crippen molar-refractivity contribution in [2.75, 3.05) is 23.7 Å². The Morgan fingerprint density at radius 3 is 2.50 bits per heavy atom. The number of benzene rings is 1. The lowest BCUT2D eigenvalue weighted by Crippen LogP contribution is -2.51. The maximum atomic E-state index is 12.7. The van der Waals surface area contributed by atoms with Crippen LogP contribution in [0.1, 0.15) is 26.7 Å². The largest absolute Gasteiger partial charge is 0.341 e. The molecule has 5 nitrogen and oxygen atoms in total. The molecule has 1 amide bonds. The summed E-state index contributed by atoms with van der Waals surface area (Å²) in [5.41, 5.74) is 0.524. The molecule has 0 spiro atoms. The third-order valence-corrected chi connectivity index (χ3v) is 5.29. The SMILES string of the molecule is C[C@H]1CCCN(C(=O)[C@@H](C)N(c2ccccc2)S(C)(=O)=O)C1. The van der Waals surface area contributed by atoms with Crippen molar-refractivity contribution in [3.8, 4) is 0 Å². The minimum absolute atomic E-state index is 0.124. The van der Waals surface area contributed by atoms with E-state index in [4.69, 9.17) is 0 Å². The Morgan fingerprint density at radius 2 is 1.95 bits per heavy atom. The fourth-order valence-electron chi connectivity index (χ4n) is 3.03. The van der Waals surface area contributed by atoms with E-state index in [0.717, 1.165) is 19.1 Å². The van der Waals surface area contributed by atoms with Gasteiger partial charge in [0.1, 0.15) is 6.04 Å². The van der Waals surface area contributed by atoms with Crippen molar-refractivity contribution in [1.29, 1.82) is 0 Å². The molecule has 2 atom stereocenters. The van der Waals surface area contributed by atoms with Crippen LogP contribution in [0.2, 0.25) is 0 Å². The first-order chi connectivity index (χ1) is 10.3. The van der Waals surface area contributed by atoms with Gasteiger partial charge in [0.05, 0.1) is 11.9 Å². The number of anilines is 1. The molecule has 1 saturated heterocycles. The maximum Gasteiger partial charge on any atom is 0.246 e. The van der Waals surface area contributed by atoms with Gasteiger partial charge in [-0.05, 0) is 37.8 Å². The lowest BCUT2D eigenvalue weighted by Gasteiger charge is -2.36. The molecule has 122 valence electrons. The molecular weight excluding hydrogens is 300 g/mol. The number of rotatable bonds is 4. The number of sulfonamides is 1. The topological polar surface area (TPSA) is 57.7 Å². The summed E-state index contributed by atoms with van der Waals surface area (Å²) in [5.74, 6) is 0.342. The van der Waals surface area contributed by atoms with Gasteiger partial charge in [0, 0.05) is 13.1 Å². The smallest absolute Gasteiger partial charge is 0.246 e. The van der Waals surface area contributed by atoms with Crippen LogP contribution in [0.5, 0.6) is 0 Å². The van der Waals surface area contributed by atoms with E-state index in [1.807, 2.05) is 6.07 Å². The first kappa shape index (κ1) is 16.8. The second kappa shape index (κ2) is 6.69. The molecule has 1 fully saturated rings. The van der Waals surface area contributed by atoms with Crippen LogP contribution in [0.25, 0.3) is 0 Å². The minimum atomic E-state index is -3.53. The third kappa shape index (κ3) is 3.80. The van der Waals surface area contributed by atoms with Crippen LogP contribution in [0.15, 0.2) is 30.3 Å². The van der Waals surface area contributed by atoms with E-state index in [1.165, 1.54) is 4.31 Å². The number of carbonyl (C=O) groups excluding carboxylic acids is 1. The Balaban J connectivity index is 2.26. The highest BCUT2D eigenvalue weighted by Gasteiger charge is 2.33. The molecule has 0 N–H and O–H groups in total. The number of likely N-dealkylation sites (tertiary alicyclic amines) is 1. The highest BCUT2D eigenvalue weighted by atomic mass is 32.2. The second-order valence-electron chi connectivity index (χ2n) is 6.10. The van der Waals surface area contributed by atoms with Crippen LogP contribution in [-0.4, -0.2) is 44.6 Å². The Kier molecular flexibility index (Phi) is 5.11. The summed E-state index contributed by atoms with van der Waals surface area (Å²) in [6, 6.07) is 8.06. The summed E-state index contributed by atoms with van der Waals surface area (Å²) in [4.78, 5) is 14.5. The third-order valence-electron chi connectivity index (χ3n) is 4.05. The van der Waals surface area contributed by atoms with Crippen LogP contribution < -0.4 is 4.31 Å². The zero-order valence-electron chi connectivity index (χ0n) is 13.4. The van der Waals surface area contributed by atoms with Crippen LogP contribution in [0, 0.1) is 5.92 Å². The highest BCUT2D eigenvalue weighted by molar-refractivity contribution is 7.92. The Labute approximate surface area is 133 Å². The van der Waals surface area contributed by atoms with Crippen LogP contribution in [0.3, 0.4) is 0 Å². The summed E-state index contributed by atoms with van der Waals surface area (Å²) < 4.78 is 25.6. The van der Waals surface area contributed by atoms with Crippen molar-refractivity contribution in [3.63, 3.8) is 0 Å². The van der Waals surface area contributed by atoms with Crippen molar-refractivity contribution in [2.45, 2.75) is 32.7 Å². The van der Waals surface area contributed by atoms with Gasteiger partial charge in [-0.15, -0.1) is 0 Å². The fourth-order valence-corrected chi connectivity index (χ4v) is 4.20. The van der Waals surface area contributed by atoms with Gasteiger partial charge in [0.2, 0.25) is 15.9 Å². The van der Waals surface area contributed by atoms with E-state index in [-0.39, 0.29) is 5.91 Å². The van der Waals surface area contributed by atoms with Crippen molar-refractivity contribution >= 4 is 21.6 Å². The number of para-hydroxylation sites is 1. The standard InChI is InChI=1S/C16H24N2O3S/c1-13-8-7-11-17(12-13)16(19)14(2)18(22(3,20)21)15-9-5-4-6-10-15/h4-6,9-10,13-14H,7-8,11-12H2,1-3H3/t13-,14+/m0/s1. The predicted molar refractivity (Wildman–Crippen MR) is 88.2 cm³/mol. The van der Waals surface area contributed by atoms with Crippen molar-refractivity contribution < 1.29 is 13.2 Å². The van der Waals surface area contributed by atoms with Gasteiger partial charge in [-0.25, -0.2) is 8.42 Å². The zero-order chi connectivity index (χ0) is 16.3. The summed E-state index contributed by atoms with van der Waals surface area (Å²) in [7, 11) is -3.53. The molecule has 1 heterocycles. The molecule has 0 aliphatic carbocycles. The van der Waals surface area contributed by atoms with E-state index in [1.54, 1.807) is 36.1 Å². The van der Waals surface area contributed by atoms with Gasteiger partial charge >= 0.3 is 0 Å². The number of nitrogens with zero attached hydrogens (tertiary/aromatic N) is 2. The van der Waals surface area contributed by atoms with Crippen molar-refractivity contribution in [3.05, 3.63) is 30.3 Å². The van der Waals surface area contributed by atoms with E-state index in [9.17, 15) is 13.2 Å². The van der Waals surface area contributed by atoms with Crippen molar-refractivity contribution in [2.24, 2.45) is 5.92 Å². The summed E-state index contributed by atoms with van der Waals surface area (Å²) in [5, 5.41) is 0. The molecule has 0 unspecified atom stereocenters. The number of piperidine rings is 1. The van der Waals surface area contributed by atoms with E-state index in [2.05, 4.69) is 6.92 Å². The minimum Gasteiger partial charge on any atom is -0.341 e. The van der Waals surface area contributed by atoms with Crippen molar-refractivity contribution in [1.82, 2.24) is 4.90 Å². The number of amides is 1. The maximum absolute atomic E-state index is 12.7. The zero-order valence-corrected chi connectivity index (χ0v) is 14.2. The Bertz CT molecular complexity index is 616. The number of hydrogen-bond acceptors (Lipinski definition) is 3. The van der Waals surface area contributed by atoms with Crippen LogP contribution >= 0.6 is 0 Å². The first-order valence-electron chi connectivity index (χ1n) is 7.64. The van der Waals surface area contributed by atoms with Gasteiger partial charge < -0.3 is 4.90 Å². The van der Waals surface area contributed by atoms with E-state index in [0.29, 0.717) is 24.7 Å². The normalized spacial score (nSPS) is 20.5. The second-order valence-corrected chi connectivity index (χ2v) is 7.96. The van der Waals surface area contributed by atoms with Gasteiger partial charge in [-0.3, -0.25) is 9.10 Å². The molecule has 6 heteroatoms. The van der Waals surface area contributed by atoms with Gasteiger partial charge in [-0.2, -0.15) is 0 Å². The molecule has 2 rings (SSSR count). The number of carbonyl (C=O) groups is 1. The summed E-state index contributed by atoms with van der Waals surface area (Å²) in [6.07, 6.45) is 3.24. The first-order valence-corrected chi connectivity index (χ1v) is 9.49. The number of hydrogen-bond donors (Lipinski definition) is 0. The summed E-state index contributed by atoms with van der Waals surface area (Å²) in [6.45, 7) is 5.20. The molecule has 1 aliphatic rings. The Hall–Kier alpha value is -1.56. The molecule has 0 saturated carbocycles. The average Bonchev–Trinajstić information content (AvgIpc) is 2.46. The average molecular weight is 324 g/mol. The molecule has 1 aromatic carbocycles. The van der Waals surface area contributed by atoms with Crippen LogP contribution in [-0.2, 0) is 14.8 Å². The Morgan fingerprint density at radius 1 is 1.32 bits per heavy atom. The van der Waals surface area contributed by atoms with E-state index >= 15 is 0 Å². The molecule has 0 aromatic heterocycles. The van der Waals surface area contributed by atoms with Gasteiger partial charge in [0.25, 0.3) is 0 Å². The van der Waals surface area contributed by atoms with E-state index < -0.39 is 16.1 Å². The molecular formula is C16H24N2O3S. The van der Waals surface area contributed by atoms with Gasteiger partial charge in [-0.1, -0.05) is 25.1 Å². The lowest BCUT2D eigenvalue weighted by molar-refractivity contribution is -0.133. The monoisotopic (exact) mass is 324 g/mol. The highest BCUT2D eigenvalue weighted by Crippen LogP contribution is 2.23. The molecule has 0 radical (unpaired) electrons. The fraction of sp³-hybridized carbons (Fsp3) is 0.562. The van der Waals surface area contributed by atoms with Crippen LogP contribution in [0.4, 0.5) is 5.69 Å². The molecule has 1 aliphatic heterocycles. The molecule has 0 bridgehead atoms. The predicted octanol–water partition coefficient (Wildman–Crippen LogP) is 2.10. The molecule has 22 heavy (non-hydrogen) atoms. The molecule has 1 aromatic rings. The quantitative estimate of drug-likeness (QED) is 0.852. The lowest BCUT2D eigenvalue weighted by atomic mass is 10.00. The van der Waals surface area contributed by atoms with Gasteiger partial charge in [0.15, 0.2) is 0 Å².